The number of alkyl halides is 2. The van der Waals surface area contributed by atoms with Crippen LogP contribution < -0.4 is 10.1 Å². The molecular formula is C17H18F2N2O2. The van der Waals surface area contributed by atoms with E-state index in [1.54, 1.807) is 24.3 Å². The molecule has 0 fully saturated rings. The number of nitrogens with one attached hydrogen (secondary N) is 1. The third-order valence-corrected chi connectivity index (χ3v) is 3.07. The van der Waals surface area contributed by atoms with E-state index < -0.39 is 6.61 Å². The number of halogens is 2. The third-order valence-electron chi connectivity index (χ3n) is 3.07. The van der Waals surface area contributed by atoms with Crippen LogP contribution in [0.5, 0.6) is 5.75 Å². The lowest BCUT2D eigenvalue weighted by atomic mass is 10.1. The molecule has 0 saturated carbocycles. The van der Waals surface area contributed by atoms with Crippen LogP contribution in [0.25, 0.3) is 0 Å². The SMILES string of the molecule is CN(C)Cc1ccc(C(=O)Nc2ccccc2OC(F)F)cc1. The highest BCUT2D eigenvalue weighted by atomic mass is 19.3. The number of anilines is 1. The Morgan fingerprint density at radius 1 is 1.13 bits per heavy atom. The van der Waals surface area contributed by atoms with Gasteiger partial charge in [-0.1, -0.05) is 24.3 Å². The summed E-state index contributed by atoms with van der Waals surface area (Å²) >= 11 is 0. The van der Waals surface area contributed by atoms with Crippen LogP contribution in [0.4, 0.5) is 14.5 Å². The smallest absolute Gasteiger partial charge is 0.387 e. The maximum atomic E-state index is 12.4. The lowest BCUT2D eigenvalue weighted by Crippen LogP contribution is -2.14. The minimum atomic E-state index is -2.95. The standard InChI is InChI=1S/C17H18F2N2O2/c1-21(2)11-12-7-9-13(10-8-12)16(22)20-14-5-3-4-6-15(14)23-17(18)19/h3-10,17H,11H2,1-2H3,(H,20,22). The van der Waals surface area contributed by atoms with Crippen LogP contribution in [0.2, 0.25) is 0 Å². The van der Waals surface area contributed by atoms with Crippen molar-refractivity contribution in [2.75, 3.05) is 19.4 Å². The number of ether oxygens (including phenoxy) is 1. The summed E-state index contributed by atoms with van der Waals surface area (Å²) in [5.74, 6) is -0.452. The molecule has 0 aliphatic heterocycles. The molecule has 1 N–H and O–H groups in total. The summed E-state index contributed by atoms with van der Waals surface area (Å²) in [5, 5.41) is 2.58. The number of amides is 1. The topological polar surface area (TPSA) is 41.6 Å². The maximum Gasteiger partial charge on any atom is 0.387 e. The molecule has 6 heteroatoms. The lowest BCUT2D eigenvalue weighted by molar-refractivity contribution is -0.0493. The summed E-state index contributed by atoms with van der Waals surface area (Å²) in [4.78, 5) is 14.2. The molecule has 0 heterocycles. The second-order valence-electron chi connectivity index (χ2n) is 5.26. The normalized spacial score (nSPS) is 10.9. The van der Waals surface area contributed by atoms with Crippen LogP contribution in [0.1, 0.15) is 15.9 Å². The van der Waals surface area contributed by atoms with Crippen molar-refractivity contribution in [2.45, 2.75) is 13.2 Å². The highest BCUT2D eigenvalue weighted by molar-refractivity contribution is 6.05. The van der Waals surface area contributed by atoms with Gasteiger partial charge in [0, 0.05) is 12.1 Å². The van der Waals surface area contributed by atoms with Crippen LogP contribution in [0, 0.1) is 0 Å². The Balaban J connectivity index is 2.10. The first kappa shape index (κ1) is 16.9. The molecule has 23 heavy (non-hydrogen) atoms. The van der Waals surface area contributed by atoms with Crippen LogP contribution in [-0.4, -0.2) is 31.5 Å². The molecule has 0 atom stereocenters. The predicted molar refractivity (Wildman–Crippen MR) is 84.9 cm³/mol. The quantitative estimate of drug-likeness (QED) is 0.884. The van der Waals surface area contributed by atoms with Gasteiger partial charge in [0.1, 0.15) is 5.75 Å². The fourth-order valence-electron chi connectivity index (χ4n) is 2.09. The number of nitrogens with zero attached hydrogens (tertiary/aromatic N) is 1. The fourth-order valence-corrected chi connectivity index (χ4v) is 2.09. The zero-order chi connectivity index (χ0) is 16.8. The van der Waals surface area contributed by atoms with Crippen LogP contribution in [0.15, 0.2) is 48.5 Å². The van der Waals surface area contributed by atoms with E-state index in [2.05, 4.69) is 10.1 Å². The van der Waals surface area contributed by atoms with Crippen molar-refractivity contribution in [3.05, 3.63) is 59.7 Å². The van der Waals surface area contributed by atoms with Crippen LogP contribution >= 0.6 is 0 Å². The summed E-state index contributed by atoms with van der Waals surface area (Å²) in [6.07, 6.45) is 0. The van der Waals surface area contributed by atoms with E-state index in [-0.39, 0.29) is 17.3 Å². The zero-order valence-electron chi connectivity index (χ0n) is 12.9. The van der Waals surface area contributed by atoms with Crippen molar-refractivity contribution in [2.24, 2.45) is 0 Å². The molecule has 0 bridgehead atoms. The first-order valence-electron chi connectivity index (χ1n) is 7.04. The van der Waals surface area contributed by atoms with E-state index in [0.717, 1.165) is 12.1 Å². The van der Waals surface area contributed by atoms with Gasteiger partial charge < -0.3 is 15.0 Å². The first-order valence-corrected chi connectivity index (χ1v) is 7.04. The van der Waals surface area contributed by atoms with E-state index in [4.69, 9.17) is 0 Å². The van der Waals surface area contributed by atoms with Crippen LogP contribution in [0.3, 0.4) is 0 Å². The third kappa shape index (κ3) is 5.03. The minimum Gasteiger partial charge on any atom is -0.433 e. The van der Waals surface area contributed by atoms with Crippen molar-refractivity contribution in [1.82, 2.24) is 4.90 Å². The highest BCUT2D eigenvalue weighted by Crippen LogP contribution is 2.26. The van der Waals surface area contributed by atoms with Crippen LogP contribution in [-0.2, 0) is 6.54 Å². The number of hydrogen-bond acceptors (Lipinski definition) is 3. The number of para-hydroxylation sites is 2. The summed E-state index contributed by atoms with van der Waals surface area (Å²) in [6, 6.07) is 13.2. The van der Waals surface area contributed by atoms with Gasteiger partial charge in [-0.15, -0.1) is 0 Å². The molecule has 2 aromatic carbocycles. The number of rotatable bonds is 6. The molecular weight excluding hydrogens is 302 g/mol. The van der Waals surface area contributed by atoms with Crippen molar-refractivity contribution >= 4 is 11.6 Å². The van der Waals surface area contributed by atoms with E-state index in [9.17, 15) is 13.6 Å². The van der Waals surface area contributed by atoms with Gasteiger partial charge in [-0.2, -0.15) is 8.78 Å². The Morgan fingerprint density at radius 2 is 1.78 bits per heavy atom. The Hall–Kier alpha value is -2.47. The van der Waals surface area contributed by atoms with E-state index in [0.29, 0.717) is 5.56 Å². The average Bonchev–Trinajstić information content (AvgIpc) is 2.49. The molecule has 0 saturated heterocycles. The van der Waals surface area contributed by atoms with Crippen molar-refractivity contribution in [3.63, 3.8) is 0 Å². The average molecular weight is 320 g/mol. The molecule has 0 radical (unpaired) electrons. The molecule has 4 nitrogen and oxygen atoms in total. The maximum absolute atomic E-state index is 12.4. The molecule has 0 aliphatic carbocycles. The van der Waals surface area contributed by atoms with Gasteiger partial charge in [-0.05, 0) is 43.9 Å². The van der Waals surface area contributed by atoms with E-state index >= 15 is 0 Å². The molecule has 122 valence electrons. The van der Waals surface area contributed by atoms with Gasteiger partial charge in [0.2, 0.25) is 0 Å². The van der Waals surface area contributed by atoms with Gasteiger partial charge in [0.15, 0.2) is 0 Å². The van der Waals surface area contributed by atoms with Gasteiger partial charge in [0.05, 0.1) is 5.69 Å². The van der Waals surface area contributed by atoms with E-state index in [1.165, 1.54) is 12.1 Å². The Labute approximate surface area is 133 Å². The van der Waals surface area contributed by atoms with Crippen molar-refractivity contribution in [3.8, 4) is 5.75 Å². The fraction of sp³-hybridized carbons (Fsp3) is 0.235. The van der Waals surface area contributed by atoms with Gasteiger partial charge in [-0.3, -0.25) is 4.79 Å². The Morgan fingerprint density at radius 3 is 2.39 bits per heavy atom. The number of carbonyl (C=O) groups is 1. The second-order valence-corrected chi connectivity index (χ2v) is 5.26. The zero-order valence-corrected chi connectivity index (χ0v) is 12.9. The van der Waals surface area contributed by atoms with E-state index in [1.807, 2.05) is 31.1 Å². The molecule has 2 aromatic rings. The largest absolute Gasteiger partial charge is 0.433 e. The monoisotopic (exact) mass is 320 g/mol. The molecule has 1 amide bonds. The van der Waals surface area contributed by atoms with Crippen molar-refractivity contribution < 1.29 is 18.3 Å². The Bertz CT molecular complexity index is 658. The predicted octanol–water partition coefficient (Wildman–Crippen LogP) is 3.60. The summed E-state index contributed by atoms with van der Waals surface area (Å²) < 4.78 is 29.1. The summed E-state index contributed by atoms with van der Waals surface area (Å²) in [5.41, 5.74) is 1.72. The summed E-state index contributed by atoms with van der Waals surface area (Å²) in [7, 11) is 3.92. The molecule has 2 rings (SSSR count). The van der Waals surface area contributed by atoms with Crippen molar-refractivity contribution in [1.29, 1.82) is 0 Å². The molecule has 0 aliphatic rings. The molecule has 0 spiro atoms. The molecule has 0 aromatic heterocycles. The Kier molecular flexibility index (Phi) is 5.65. The lowest BCUT2D eigenvalue weighted by Gasteiger charge is -2.12. The van der Waals surface area contributed by atoms with Gasteiger partial charge >= 0.3 is 6.61 Å². The number of hydrogen-bond donors (Lipinski definition) is 1. The van der Waals surface area contributed by atoms with Gasteiger partial charge in [-0.25, -0.2) is 0 Å². The number of benzene rings is 2. The second kappa shape index (κ2) is 7.69. The van der Waals surface area contributed by atoms with Gasteiger partial charge in [0.25, 0.3) is 5.91 Å². The first-order chi connectivity index (χ1) is 11.0. The number of carbonyl (C=O) groups excluding carboxylic acids is 1. The minimum absolute atomic E-state index is 0.0694. The molecule has 0 unspecified atom stereocenters. The summed E-state index contributed by atoms with van der Waals surface area (Å²) in [6.45, 7) is -2.18. The highest BCUT2D eigenvalue weighted by Gasteiger charge is 2.12.